The van der Waals surface area contributed by atoms with Crippen LogP contribution in [0.25, 0.3) is 0 Å². The molecule has 5 nitrogen and oxygen atoms in total. The molecule has 0 amide bonds. The Hall–Kier alpha value is -1.58. The van der Waals surface area contributed by atoms with Crippen LogP contribution in [0.2, 0.25) is 5.02 Å². The van der Waals surface area contributed by atoms with Crippen molar-refractivity contribution < 1.29 is 4.42 Å². The first-order valence-corrected chi connectivity index (χ1v) is 5.42. The molecule has 0 N–H and O–H groups in total. The molecular formula is C9H5ClN4OS. The number of hydrogen-bond donors (Lipinski definition) is 0. The van der Waals surface area contributed by atoms with Gasteiger partial charge in [-0.05, 0) is 17.8 Å². The summed E-state index contributed by atoms with van der Waals surface area (Å²) in [6.45, 7) is 1.69. The van der Waals surface area contributed by atoms with Crippen molar-refractivity contribution in [1.82, 2.24) is 15.2 Å². The van der Waals surface area contributed by atoms with Gasteiger partial charge in [-0.1, -0.05) is 11.6 Å². The molecule has 0 spiro atoms. The first-order chi connectivity index (χ1) is 7.70. The highest BCUT2D eigenvalue weighted by Crippen LogP contribution is 2.32. The van der Waals surface area contributed by atoms with Crippen LogP contribution < -0.4 is 0 Å². The Bertz CT molecular complexity index is 563. The molecule has 2 aromatic rings. The molecule has 0 unspecified atom stereocenters. The standard InChI is InChI=1S/C9H5ClN4OS/c1-5-13-14-9(15-5)16-8-7(10)6(4-11)2-3-12-8/h2-3H,1H3. The van der Waals surface area contributed by atoms with Crippen LogP contribution in [0.1, 0.15) is 11.5 Å². The molecule has 80 valence electrons. The van der Waals surface area contributed by atoms with E-state index in [0.29, 0.717) is 26.7 Å². The van der Waals surface area contributed by atoms with Crippen LogP contribution in [0.4, 0.5) is 0 Å². The van der Waals surface area contributed by atoms with Crippen molar-refractivity contribution in [2.24, 2.45) is 0 Å². The zero-order valence-electron chi connectivity index (χ0n) is 8.14. The van der Waals surface area contributed by atoms with Gasteiger partial charge >= 0.3 is 0 Å². The molecule has 0 saturated heterocycles. The van der Waals surface area contributed by atoms with Crippen molar-refractivity contribution in [3.63, 3.8) is 0 Å². The number of aryl methyl sites for hydroxylation is 1. The quantitative estimate of drug-likeness (QED) is 0.817. The molecule has 7 heteroatoms. The minimum absolute atomic E-state index is 0.297. The molecule has 16 heavy (non-hydrogen) atoms. The predicted octanol–water partition coefficient (Wildman–Crippen LogP) is 2.45. The maximum atomic E-state index is 8.79. The van der Waals surface area contributed by atoms with E-state index in [2.05, 4.69) is 15.2 Å². The zero-order valence-corrected chi connectivity index (χ0v) is 9.71. The summed E-state index contributed by atoms with van der Waals surface area (Å²) < 4.78 is 5.18. The molecule has 2 aromatic heterocycles. The summed E-state index contributed by atoms with van der Waals surface area (Å²) in [5.41, 5.74) is 0.371. The molecule has 0 aliphatic carbocycles. The Morgan fingerprint density at radius 3 is 2.94 bits per heavy atom. The van der Waals surface area contributed by atoms with Crippen molar-refractivity contribution in [3.05, 3.63) is 28.7 Å². The van der Waals surface area contributed by atoms with Gasteiger partial charge < -0.3 is 4.42 Å². The molecular weight excluding hydrogens is 248 g/mol. The van der Waals surface area contributed by atoms with Gasteiger partial charge in [0.2, 0.25) is 5.89 Å². The Morgan fingerprint density at radius 1 is 1.50 bits per heavy atom. The smallest absolute Gasteiger partial charge is 0.282 e. The van der Waals surface area contributed by atoms with Gasteiger partial charge in [-0.2, -0.15) is 5.26 Å². The lowest BCUT2D eigenvalue weighted by atomic mass is 10.3. The van der Waals surface area contributed by atoms with E-state index in [1.165, 1.54) is 6.20 Å². The summed E-state index contributed by atoms with van der Waals surface area (Å²) in [6, 6.07) is 3.52. The predicted molar refractivity (Wildman–Crippen MR) is 57.1 cm³/mol. The summed E-state index contributed by atoms with van der Waals surface area (Å²) in [5.74, 6) is 0.468. The third-order valence-electron chi connectivity index (χ3n) is 1.67. The fourth-order valence-corrected chi connectivity index (χ4v) is 1.98. The summed E-state index contributed by atoms with van der Waals surface area (Å²) in [4.78, 5) is 4.04. The Balaban J connectivity index is 2.32. The molecule has 0 bridgehead atoms. The SMILES string of the molecule is Cc1nnc(Sc2nccc(C#N)c2Cl)o1. The van der Waals surface area contributed by atoms with E-state index in [1.807, 2.05) is 6.07 Å². The maximum absolute atomic E-state index is 8.79. The minimum atomic E-state index is 0.297. The minimum Gasteiger partial charge on any atom is -0.416 e. The van der Waals surface area contributed by atoms with Gasteiger partial charge in [0.15, 0.2) is 0 Å². The number of aromatic nitrogens is 3. The number of rotatable bonds is 2. The number of nitrogens with zero attached hydrogens (tertiary/aromatic N) is 4. The van der Waals surface area contributed by atoms with Gasteiger partial charge in [-0.3, -0.25) is 0 Å². The average Bonchev–Trinajstić information content (AvgIpc) is 2.67. The van der Waals surface area contributed by atoms with Gasteiger partial charge in [0.1, 0.15) is 11.1 Å². The molecule has 0 radical (unpaired) electrons. The highest BCUT2D eigenvalue weighted by atomic mass is 35.5. The van der Waals surface area contributed by atoms with Gasteiger partial charge in [0.05, 0.1) is 10.6 Å². The van der Waals surface area contributed by atoms with Crippen LogP contribution in [-0.4, -0.2) is 15.2 Å². The summed E-state index contributed by atoms with van der Waals surface area (Å²) in [6.07, 6.45) is 1.51. The van der Waals surface area contributed by atoms with Gasteiger partial charge in [-0.15, -0.1) is 10.2 Å². The number of nitriles is 1. The van der Waals surface area contributed by atoms with E-state index in [0.717, 1.165) is 11.8 Å². The Labute approximate surface area is 100 Å². The van der Waals surface area contributed by atoms with Crippen molar-refractivity contribution >= 4 is 23.4 Å². The van der Waals surface area contributed by atoms with Gasteiger partial charge in [0.25, 0.3) is 5.22 Å². The normalized spacial score (nSPS) is 10.1. The second kappa shape index (κ2) is 4.51. The number of halogens is 1. The maximum Gasteiger partial charge on any atom is 0.282 e. The highest BCUT2D eigenvalue weighted by molar-refractivity contribution is 7.99. The summed E-state index contributed by atoms with van der Waals surface area (Å²) >= 11 is 7.10. The third-order valence-corrected chi connectivity index (χ3v) is 3.01. The summed E-state index contributed by atoms with van der Waals surface area (Å²) in [7, 11) is 0. The van der Waals surface area contributed by atoms with Crippen LogP contribution >= 0.6 is 23.4 Å². The number of hydrogen-bond acceptors (Lipinski definition) is 6. The van der Waals surface area contributed by atoms with E-state index < -0.39 is 0 Å². The third kappa shape index (κ3) is 2.15. The van der Waals surface area contributed by atoms with E-state index in [9.17, 15) is 0 Å². The summed E-state index contributed by atoms with van der Waals surface area (Å²) in [5, 5.41) is 17.4. The molecule has 0 fully saturated rings. The van der Waals surface area contributed by atoms with Crippen LogP contribution in [0, 0.1) is 18.3 Å². The van der Waals surface area contributed by atoms with E-state index in [4.69, 9.17) is 21.3 Å². The van der Waals surface area contributed by atoms with Crippen LogP contribution in [0.5, 0.6) is 0 Å². The largest absolute Gasteiger partial charge is 0.416 e. The zero-order chi connectivity index (χ0) is 11.5. The lowest BCUT2D eigenvalue weighted by molar-refractivity contribution is 0.429. The fraction of sp³-hybridized carbons (Fsp3) is 0.111. The van der Waals surface area contributed by atoms with E-state index >= 15 is 0 Å². The molecule has 0 aromatic carbocycles. The van der Waals surface area contributed by atoms with E-state index in [1.54, 1.807) is 13.0 Å². The number of pyridine rings is 1. The molecule has 0 atom stereocenters. The highest BCUT2D eigenvalue weighted by Gasteiger charge is 2.12. The lowest BCUT2D eigenvalue weighted by Gasteiger charge is -1.99. The van der Waals surface area contributed by atoms with Crippen LogP contribution in [0.15, 0.2) is 26.9 Å². The van der Waals surface area contributed by atoms with Crippen molar-refractivity contribution in [1.29, 1.82) is 5.26 Å². The van der Waals surface area contributed by atoms with Crippen LogP contribution in [0.3, 0.4) is 0 Å². The molecule has 2 rings (SSSR count). The second-order valence-electron chi connectivity index (χ2n) is 2.78. The van der Waals surface area contributed by atoms with Crippen LogP contribution in [-0.2, 0) is 0 Å². The average molecular weight is 253 g/mol. The first kappa shape index (κ1) is 10.9. The van der Waals surface area contributed by atoms with Gasteiger partial charge in [0, 0.05) is 13.1 Å². The lowest BCUT2D eigenvalue weighted by Crippen LogP contribution is -1.85. The fourth-order valence-electron chi connectivity index (χ4n) is 0.984. The topological polar surface area (TPSA) is 75.6 Å². The molecule has 0 aliphatic heterocycles. The molecule has 2 heterocycles. The Morgan fingerprint density at radius 2 is 2.31 bits per heavy atom. The molecule has 0 saturated carbocycles. The Kier molecular flexibility index (Phi) is 3.08. The first-order valence-electron chi connectivity index (χ1n) is 4.23. The van der Waals surface area contributed by atoms with Crippen molar-refractivity contribution in [2.45, 2.75) is 17.2 Å². The monoisotopic (exact) mass is 252 g/mol. The second-order valence-corrected chi connectivity index (χ2v) is 4.10. The molecule has 0 aliphatic rings. The van der Waals surface area contributed by atoms with E-state index in [-0.39, 0.29) is 0 Å². The van der Waals surface area contributed by atoms with Crippen molar-refractivity contribution in [2.75, 3.05) is 0 Å². The van der Waals surface area contributed by atoms with Crippen molar-refractivity contribution in [3.8, 4) is 6.07 Å². The van der Waals surface area contributed by atoms with Gasteiger partial charge in [-0.25, -0.2) is 4.98 Å².